The number of H-pyrrole nitrogens is 2. The first-order chi connectivity index (χ1) is 31.7. The number of amides is 4. The van der Waals surface area contributed by atoms with Gasteiger partial charge in [-0.1, -0.05) is 70.2 Å². The topological polar surface area (TPSA) is 191 Å². The van der Waals surface area contributed by atoms with Gasteiger partial charge in [0.1, 0.15) is 36.1 Å². The summed E-state index contributed by atoms with van der Waals surface area (Å²) in [5, 5.41) is 15.8. The van der Waals surface area contributed by atoms with Crippen molar-refractivity contribution in [1.29, 1.82) is 0 Å². The lowest BCUT2D eigenvalue weighted by Gasteiger charge is -2.30. The molecule has 0 radical (unpaired) electrons. The van der Waals surface area contributed by atoms with Gasteiger partial charge in [-0.05, 0) is 87.3 Å². The van der Waals surface area contributed by atoms with Gasteiger partial charge in [0.15, 0.2) is 0 Å². The number of benzene rings is 3. The Morgan fingerprint density at radius 3 is 2.03 bits per heavy atom. The van der Waals surface area contributed by atoms with Crippen LogP contribution in [0.25, 0.3) is 33.4 Å². The molecule has 0 saturated carbocycles. The molecule has 2 fully saturated rings. The van der Waals surface area contributed by atoms with Crippen molar-refractivity contribution in [3.8, 4) is 28.3 Å². The van der Waals surface area contributed by atoms with Crippen LogP contribution in [0.2, 0.25) is 0 Å². The number of rotatable bonds is 11. The summed E-state index contributed by atoms with van der Waals surface area (Å²) in [5.41, 5.74) is 8.34. The van der Waals surface area contributed by atoms with Crippen LogP contribution in [0.15, 0.2) is 85.2 Å². The van der Waals surface area contributed by atoms with Gasteiger partial charge < -0.3 is 44.8 Å². The number of fused-ring (bicyclic) bond motifs is 5. The molecule has 6 aromatic rings. The second-order valence-electron chi connectivity index (χ2n) is 18.4. The van der Waals surface area contributed by atoms with E-state index in [0.29, 0.717) is 13.1 Å². The molecule has 3 aromatic heterocycles. The highest BCUT2D eigenvalue weighted by molar-refractivity contribution is 5.92. The van der Waals surface area contributed by atoms with Crippen LogP contribution in [0.5, 0.6) is 5.75 Å². The fourth-order valence-corrected chi connectivity index (χ4v) is 9.52. The molecule has 5 unspecified atom stereocenters. The monoisotopic (exact) mass is 895 g/mol. The molecule has 3 aliphatic heterocycles. The fraction of sp³-hybridized carbons (Fsp3) is 0.412. The molecule has 66 heavy (non-hydrogen) atoms. The van der Waals surface area contributed by atoms with E-state index in [1.54, 1.807) is 11.1 Å². The molecule has 0 spiro atoms. The smallest absolute Gasteiger partial charge is 0.246 e. The number of hydrogen-bond acceptors (Lipinski definition) is 8. The molecule has 3 aromatic carbocycles. The van der Waals surface area contributed by atoms with Gasteiger partial charge in [-0.25, -0.2) is 9.97 Å². The molecule has 6 heterocycles. The van der Waals surface area contributed by atoms with Crippen molar-refractivity contribution in [2.75, 3.05) is 19.7 Å². The number of ether oxygens (including phenoxy) is 1. The summed E-state index contributed by atoms with van der Waals surface area (Å²) in [4.78, 5) is 69.0. The van der Waals surface area contributed by atoms with E-state index in [1.807, 2.05) is 63.9 Å². The Morgan fingerprint density at radius 2 is 1.42 bits per heavy atom. The molecule has 346 valence electrons. The molecule has 15 heteroatoms. The van der Waals surface area contributed by atoms with E-state index in [9.17, 15) is 24.3 Å². The van der Waals surface area contributed by atoms with E-state index in [-0.39, 0.29) is 47.9 Å². The molecule has 9 rings (SSSR count). The number of nitrogens with zero attached hydrogens (tertiary/aromatic N) is 5. The van der Waals surface area contributed by atoms with E-state index in [2.05, 4.69) is 91.7 Å². The van der Waals surface area contributed by atoms with Crippen LogP contribution < -0.4 is 15.4 Å². The molecular weight excluding hydrogens is 835 g/mol. The van der Waals surface area contributed by atoms with Crippen LogP contribution >= 0.6 is 0 Å². The lowest BCUT2D eigenvalue weighted by Crippen LogP contribution is -2.51. The predicted octanol–water partition coefficient (Wildman–Crippen LogP) is 7.29. The van der Waals surface area contributed by atoms with Crippen LogP contribution in [-0.4, -0.2) is 94.8 Å². The predicted molar refractivity (Wildman–Crippen MR) is 252 cm³/mol. The van der Waals surface area contributed by atoms with E-state index in [1.165, 1.54) is 6.92 Å². The summed E-state index contributed by atoms with van der Waals surface area (Å²) in [6.07, 6.45) is 6.81. The highest BCUT2D eigenvalue weighted by Gasteiger charge is 2.39. The summed E-state index contributed by atoms with van der Waals surface area (Å²) < 4.78 is 8.91. The second kappa shape index (κ2) is 19.4. The summed E-state index contributed by atoms with van der Waals surface area (Å²) in [6.45, 7) is 13.8. The van der Waals surface area contributed by atoms with Crippen molar-refractivity contribution in [2.24, 2.45) is 11.8 Å². The van der Waals surface area contributed by atoms with Gasteiger partial charge in [0.25, 0.3) is 0 Å². The highest BCUT2D eigenvalue weighted by Crippen LogP contribution is 2.45. The average Bonchev–Trinajstić information content (AvgIpc) is 4.16. The second-order valence-corrected chi connectivity index (χ2v) is 18.4. The first-order valence-electron chi connectivity index (χ1n) is 23.0. The van der Waals surface area contributed by atoms with Gasteiger partial charge in [-0.15, -0.1) is 0 Å². The molecular formula is C51H61N9O6. The summed E-state index contributed by atoms with van der Waals surface area (Å²) >= 11 is 0. The highest BCUT2D eigenvalue weighted by atomic mass is 16.5. The maximum Gasteiger partial charge on any atom is 0.246 e. The van der Waals surface area contributed by atoms with Crippen molar-refractivity contribution < 1.29 is 29.0 Å². The Kier molecular flexibility index (Phi) is 13.5. The minimum atomic E-state index is -0.708. The molecule has 15 nitrogen and oxygen atoms in total. The molecule has 5 atom stereocenters. The van der Waals surface area contributed by atoms with Gasteiger partial charge in [0.05, 0.1) is 35.2 Å². The largest absolute Gasteiger partial charge is 0.465 e. The van der Waals surface area contributed by atoms with Crippen molar-refractivity contribution >= 4 is 34.5 Å². The number of aryl methyl sites for hydroxylation is 2. The SMILES string of the molecule is CC(=O)NC(C(=O)N1CCCC1c1ncc(C)[nH]1)C(C)C.Cc1ccc2c(c1)OC(c1ccccc1)n1c-2cc2cc(-c3cnc(C4CCCN4C(=O)C(NC(=O)CO)C(C)C)[nH]3)ccc21. The number of aliphatic hydroxyl groups is 1. The van der Waals surface area contributed by atoms with Crippen LogP contribution in [0.1, 0.15) is 107 Å². The third kappa shape index (κ3) is 9.35. The Labute approximate surface area is 385 Å². The summed E-state index contributed by atoms with van der Waals surface area (Å²) in [7, 11) is 0. The molecule has 2 saturated heterocycles. The van der Waals surface area contributed by atoms with Gasteiger partial charge in [0.2, 0.25) is 29.9 Å². The number of carbonyl (C=O) groups is 4. The fourth-order valence-electron chi connectivity index (χ4n) is 9.52. The number of nitrogens with one attached hydrogen (secondary N) is 4. The maximum atomic E-state index is 13.6. The standard InChI is InChI=1S/C36H37N5O4.C15H24N4O2/c1-21(2)33(39-32(43)20-42)35(44)40-15-7-10-29(40)34-37-19-27(38-34)24-12-14-28-25(17-24)18-30-26-13-11-22(3)16-31(26)45-36(41(28)30)23-8-5-4-6-9-23;1-9(2)13(18-11(4)20)15(21)19-7-5-6-12(19)14-16-8-10(3)17-14/h4-6,8-9,11-14,16-19,21,29,33,36,42H,7,10,15,20H2,1-3H3,(H,37,38)(H,39,43);8-9,12-13H,5-7H2,1-4H3,(H,16,17)(H,18,20). The quantitative estimate of drug-likeness (QED) is 0.0896. The number of likely N-dealkylation sites (tertiary alicyclic amines) is 2. The van der Waals surface area contributed by atoms with Gasteiger partial charge in [0, 0.05) is 54.0 Å². The third-order valence-corrected chi connectivity index (χ3v) is 12.8. The van der Waals surface area contributed by atoms with Crippen molar-refractivity contribution in [2.45, 2.75) is 105 Å². The molecule has 0 bridgehead atoms. The Hall–Kier alpha value is -6.74. The maximum absolute atomic E-state index is 13.6. The zero-order chi connectivity index (χ0) is 46.8. The molecule has 0 aliphatic carbocycles. The van der Waals surface area contributed by atoms with Gasteiger partial charge in [-0.3, -0.25) is 19.2 Å². The Bertz CT molecular complexity index is 2720. The van der Waals surface area contributed by atoms with Crippen molar-refractivity contribution in [3.05, 3.63) is 114 Å². The molecule has 5 N–H and O–H groups in total. The number of hydrogen-bond donors (Lipinski definition) is 5. The van der Waals surface area contributed by atoms with E-state index in [4.69, 9.17) is 9.72 Å². The number of aliphatic hydroxyl groups excluding tert-OH is 1. The Morgan fingerprint density at radius 1 is 0.788 bits per heavy atom. The van der Waals surface area contributed by atoms with Crippen molar-refractivity contribution in [1.82, 2.24) is 44.9 Å². The number of aromatic amines is 2. The van der Waals surface area contributed by atoms with Crippen molar-refractivity contribution in [3.63, 3.8) is 0 Å². The summed E-state index contributed by atoms with van der Waals surface area (Å²) in [6, 6.07) is 23.9. The first kappa shape index (κ1) is 45.8. The summed E-state index contributed by atoms with van der Waals surface area (Å²) in [5.74, 6) is 1.48. The zero-order valence-corrected chi connectivity index (χ0v) is 38.8. The molecule has 3 aliphatic rings. The lowest BCUT2D eigenvalue weighted by atomic mass is 10.0. The van der Waals surface area contributed by atoms with E-state index >= 15 is 0 Å². The third-order valence-electron chi connectivity index (χ3n) is 12.8. The minimum Gasteiger partial charge on any atom is -0.465 e. The first-order valence-corrected chi connectivity index (χ1v) is 23.0. The van der Waals surface area contributed by atoms with E-state index < -0.39 is 24.6 Å². The normalized spacial score (nSPS) is 18.6. The lowest BCUT2D eigenvalue weighted by molar-refractivity contribution is -0.139. The molecule has 4 amide bonds. The number of aromatic nitrogens is 5. The Balaban J connectivity index is 0.000000237. The van der Waals surface area contributed by atoms with Crippen LogP contribution in [-0.2, 0) is 19.2 Å². The van der Waals surface area contributed by atoms with Crippen LogP contribution in [0.4, 0.5) is 0 Å². The number of imidazole rings is 2. The van der Waals surface area contributed by atoms with Crippen LogP contribution in [0, 0.1) is 25.7 Å². The van der Waals surface area contributed by atoms with E-state index in [0.717, 1.165) is 93.3 Å². The van der Waals surface area contributed by atoms with Gasteiger partial charge in [-0.2, -0.15) is 0 Å². The number of carbonyl (C=O) groups excluding carboxylic acids is 4. The zero-order valence-electron chi connectivity index (χ0n) is 38.8. The minimum absolute atomic E-state index is 0.0128. The van der Waals surface area contributed by atoms with Crippen LogP contribution in [0.3, 0.4) is 0 Å². The van der Waals surface area contributed by atoms with Gasteiger partial charge >= 0.3 is 0 Å². The average molecular weight is 896 g/mol.